The molecule has 3 heteroatoms. The molecule has 2 N–H and O–H groups in total. The average molecular weight is 195 g/mol. The Morgan fingerprint density at radius 3 is 2.50 bits per heavy atom. The third-order valence-electron chi connectivity index (χ3n) is 1.71. The Hall–Kier alpha value is -1.06. The van der Waals surface area contributed by atoms with Gasteiger partial charge in [-0.25, -0.2) is 0 Å². The zero-order valence-corrected chi connectivity index (χ0v) is 8.32. The second-order valence-electron chi connectivity index (χ2n) is 2.92. The summed E-state index contributed by atoms with van der Waals surface area (Å²) in [6, 6.07) is 9.78. The van der Waals surface area contributed by atoms with Crippen LogP contribution >= 0.6 is 0 Å². The quantitative estimate of drug-likeness (QED) is 0.669. The number of rotatable bonds is 7. The van der Waals surface area contributed by atoms with Crippen molar-refractivity contribution < 1.29 is 9.47 Å². The van der Waals surface area contributed by atoms with Gasteiger partial charge in [0.05, 0.1) is 13.2 Å². The van der Waals surface area contributed by atoms with E-state index in [1.807, 2.05) is 30.3 Å². The maximum Gasteiger partial charge on any atom is 0.119 e. The van der Waals surface area contributed by atoms with Crippen LogP contribution in [0.3, 0.4) is 0 Å². The highest BCUT2D eigenvalue weighted by atomic mass is 16.5. The van der Waals surface area contributed by atoms with Gasteiger partial charge in [0.2, 0.25) is 0 Å². The maximum atomic E-state index is 5.47. The van der Waals surface area contributed by atoms with E-state index in [9.17, 15) is 0 Å². The van der Waals surface area contributed by atoms with Gasteiger partial charge in [-0.1, -0.05) is 18.2 Å². The highest BCUT2D eigenvalue weighted by Gasteiger charge is 1.91. The molecule has 0 unspecified atom stereocenters. The smallest absolute Gasteiger partial charge is 0.119 e. The Kier molecular flexibility index (Phi) is 5.79. The molecule has 14 heavy (non-hydrogen) atoms. The number of ether oxygens (including phenoxy) is 2. The van der Waals surface area contributed by atoms with E-state index in [2.05, 4.69) is 0 Å². The number of hydrogen-bond donors (Lipinski definition) is 1. The van der Waals surface area contributed by atoms with Gasteiger partial charge in [-0.3, -0.25) is 0 Å². The van der Waals surface area contributed by atoms with Crippen LogP contribution in [0.2, 0.25) is 0 Å². The lowest BCUT2D eigenvalue weighted by Gasteiger charge is -2.05. The molecule has 0 spiro atoms. The first-order valence-corrected chi connectivity index (χ1v) is 4.89. The summed E-state index contributed by atoms with van der Waals surface area (Å²) in [4.78, 5) is 0. The molecule has 1 aromatic rings. The fraction of sp³-hybridized carbons (Fsp3) is 0.455. The van der Waals surface area contributed by atoms with Crippen molar-refractivity contribution in [3.05, 3.63) is 30.3 Å². The third-order valence-corrected chi connectivity index (χ3v) is 1.71. The van der Waals surface area contributed by atoms with E-state index < -0.39 is 0 Å². The first-order valence-electron chi connectivity index (χ1n) is 4.89. The van der Waals surface area contributed by atoms with Gasteiger partial charge in [-0.2, -0.15) is 0 Å². The molecule has 0 atom stereocenters. The van der Waals surface area contributed by atoms with E-state index in [1.165, 1.54) is 0 Å². The molecule has 0 radical (unpaired) electrons. The molecule has 0 aliphatic heterocycles. The van der Waals surface area contributed by atoms with Gasteiger partial charge in [-0.05, 0) is 12.1 Å². The highest BCUT2D eigenvalue weighted by Crippen LogP contribution is 2.08. The topological polar surface area (TPSA) is 44.5 Å². The minimum absolute atomic E-state index is 0.583. The minimum Gasteiger partial charge on any atom is -0.494 e. The highest BCUT2D eigenvalue weighted by molar-refractivity contribution is 5.20. The van der Waals surface area contributed by atoms with E-state index >= 15 is 0 Å². The van der Waals surface area contributed by atoms with Crippen molar-refractivity contribution in [3.8, 4) is 5.75 Å². The average Bonchev–Trinajstić information content (AvgIpc) is 2.25. The number of para-hydroxylation sites is 1. The van der Waals surface area contributed by atoms with E-state index in [4.69, 9.17) is 15.2 Å². The molecule has 3 nitrogen and oxygen atoms in total. The van der Waals surface area contributed by atoms with Crippen molar-refractivity contribution in [2.75, 3.05) is 26.4 Å². The van der Waals surface area contributed by atoms with Gasteiger partial charge in [0.25, 0.3) is 0 Å². The fourth-order valence-electron chi connectivity index (χ4n) is 1.05. The first-order chi connectivity index (χ1) is 6.93. The Morgan fingerprint density at radius 2 is 1.79 bits per heavy atom. The zero-order valence-electron chi connectivity index (χ0n) is 8.32. The largest absolute Gasteiger partial charge is 0.494 e. The molecule has 78 valence electrons. The molecule has 1 rings (SSSR count). The van der Waals surface area contributed by atoms with Crippen LogP contribution in [0.15, 0.2) is 30.3 Å². The monoisotopic (exact) mass is 195 g/mol. The van der Waals surface area contributed by atoms with E-state index in [0.29, 0.717) is 26.4 Å². The molecule has 0 amide bonds. The summed E-state index contributed by atoms with van der Waals surface area (Å²) in [6.07, 6.45) is 0.898. The lowest BCUT2D eigenvalue weighted by atomic mass is 10.3. The third kappa shape index (κ3) is 4.84. The molecule has 0 heterocycles. The van der Waals surface area contributed by atoms with Crippen LogP contribution in [0.4, 0.5) is 0 Å². The second-order valence-corrected chi connectivity index (χ2v) is 2.92. The van der Waals surface area contributed by atoms with Gasteiger partial charge >= 0.3 is 0 Å². The molecule has 0 aromatic heterocycles. The predicted octanol–water partition coefficient (Wildman–Crippen LogP) is 1.43. The molecule has 0 saturated carbocycles. The SMILES string of the molecule is NCCOCCCOc1ccccc1. The van der Waals surface area contributed by atoms with Gasteiger partial charge in [0.15, 0.2) is 0 Å². The van der Waals surface area contributed by atoms with Gasteiger partial charge in [0.1, 0.15) is 5.75 Å². The summed E-state index contributed by atoms with van der Waals surface area (Å²) in [6.45, 7) is 2.61. The number of benzene rings is 1. The second kappa shape index (κ2) is 7.35. The van der Waals surface area contributed by atoms with Crippen molar-refractivity contribution in [1.29, 1.82) is 0 Å². The van der Waals surface area contributed by atoms with Crippen molar-refractivity contribution in [2.24, 2.45) is 5.73 Å². The fourth-order valence-corrected chi connectivity index (χ4v) is 1.05. The van der Waals surface area contributed by atoms with Crippen LogP contribution in [0.1, 0.15) is 6.42 Å². The molecule has 0 aliphatic carbocycles. The molecule has 0 saturated heterocycles. The van der Waals surface area contributed by atoms with Gasteiger partial charge < -0.3 is 15.2 Å². The van der Waals surface area contributed by atoms with Crippen molar-refractivity contribution in [1.82, 2.24) is 0 Å². The molecule has 1 aromatic carbocycles. The van der Waals surface area contributed by atoms with Crippen LogP contribution in [0, 0.1) is 0 Å². The normalized spacial score (nSPS) is 10.1. The summed E-state index contributed by atoms with van der Waals surface area (Å²) in [5.41, 5.74) is 5.28. The minimum atomic E-state index is 0.583. The van der Waals surface area contributed by atoms with Crippen molar-refractivity contribution in [2.45, 2.75) is 6.42 Å². The van der Waals surface area contributed by atoms with Crippen molar-refractivity contribution in [3.63, 3.8) is 0 Å². The summed E-state index contributed by atoms with van der Waals surface area (Å²) in [5.74, 6) is 0.909. The summed E-state index contributed by atoms with van der Waals surface area (Å²) in [5, 5.41) is 0. The van der Waals surface area contributed by atoms with Crippen LogP contribution < -0.4 is 10.5 Å². The summed E-state index contributed by atoms with van der Waals surface area (Å²) >= 11 is 0. The zero-order chi connectivity index (χ0) is 10.1. The van der Waals surface area contributed by atoms with Gasteiger partial charge in [-0.15, -0.1) is 0 Å². The summed E-state index contributed by atoms with van der Waals surface area (Å²) in [7, 11) is 0. The van der Waals surface area contributed by atoms with Crippen molar-refractivity contribution >= 4 is 0 Å². The van der Waals surface area contributed by atoms with E-state index in [-0.39, 0.29) is 0 Å². The Morgan fingerprint density at radius 1 is 1.00 bits per heavy atom. The van der Waals surface area contributed by atoms with Gasteiger partial charge in [0, 0.05) is 19.6 Å². The molecule has 0 aliphatic rings. The van der Waals surface area contributed by atoms with Crippen LogP contribution in [-0.4, -0.2) is 26.4 Å². The lowest BCUT2D eigenvalue weighted by Crippen LogP contribution is -2.10. The van der Waals surface area contributed by atoms with Crippen LogP contribution in [-0.2, 0) is 4.74 Å². The summed E-state index contributed by atoms with van der Waals surface area (Å²) < 4.78 is 10.7. The number of hydrogen-bond acceptors (Lipinski definition) is 3. The molecular weight excluding hydrogens is 178 g/mol. The van der Waals surface area contributed by atoms with Crippen LogP contribution in [0.5, 0.6) is 5.75 Å². The maximum absolute atomic E-state index is 5.47. The number of nitrogens with two attached hydrogens (primary N) is 1. The van der Waals surface area contributed by atoms with E-state index in [0.717, 1.165) is 12.2 Å². The molecule has 0 fully saturated rings. The predicted molar refractivity (Wildman–Crippen MR) is 56.4 cm³/mol. The molecular formula is C11H17NO2. The standard InChI is InChI=1S/C11H17NO2/c12-7-10-13-8-4-9-14-11-5-2-1-3-6-11/h1-3,5-6H,4,7-10,12H2. The first kappa shape index (κ1) is 11.0. The lowest BCUT2D eigenvalue weighted by molar-refractivity contribution is 0.126. The Balaban J connectivity index is 1.99. The molecule has 0 bridgehead atoms. The van der Waals surface area contributed by atoms with Crippen LogP contribution in [0.25, 0.3) is 0 Å². The Bertz CT molecular complexity index is 226. The van der Waals surface area contributed by atoms with E-state index in [1.54, 1.807) is 0 Å². The Labute approximate surface area is 84.8 Å².